The van der Waals surface area contributed by atoms with Gasteiger partial charge in [-0.25, -0.2) is 0 Å². The Morgan fingerprint density at radius 3 is 2.58 bits per heavy atom. The standard InChI is InChI=1S/C22H21N2.C13H10NS.Ir/c1-15-14-19(16-8-5-6-9-16)18-12-7-13-20-21(18)24(15)22(23-20)17-10-3-2-4-11-17;1-9-10-5-2-3-6-11(10)13-12(15-9)7-4-8-14-13;/h2-4,7,10,12-16H,5-6,8-9H2,1H3;2-5,7-9H,1H3;/q2*-1;. The van der Waals surface area contributed by atoms with Gasteiger partial charge in [0.25, 0.3) is 0 Å². The molecule has 8 rings (SSSR count). The fourth-order valence-electron chi connectivity index (χ4n) is 6.44. The molecule has 0 bridgehead atoms. The quantitative estimate of drug-likeness (QED) is 0.171. The molecular weight excluding hydrogens is 687 g/mol. The van der Waals surface area contributed by atoms with E-state index in [1.54, 1.807) is 5.57 Å². The second kappa shape index (κ2) is 11.5. The van der Waals surface area contributed by atoms with Gasteiger partial charge in [0.2, 0.25) is 0 Å². The molecular formula is C35H31IrN3S-2. The summed E-state index contributed by atoms with van der Waals surface area (Å²) >= 11 is 1.87. The van der Waals surface area contributed by atoms with E-state index < -0.39 is 0 Å². The number of nitrogens with zero attached hydrogens (tertiary/aromatic N) is 3. The van der Waals surface area contributed by atoms with Gasteiger partial charge in [0.15, 0.2) is 0 Å². The van der Waals surface area contributed by atoms with Crippen molar-refractivity contribution in [3.05, 3.63) is 108 Å². The number of hydrogen-bond donors (Lipinski definition) is 0. The van der Waals surface area contributed by atoms with Gasteiger partial charge in [-0.05, 0) is 53.5 Å². The number of para-hydroxylation sites is 1. The van der Waals surface area contributed by atoms with Crippen molar-refractivity contribution in [1.29, 1.82) is 0 Å². The van der Waals surface area contributed by atoms with Gasteiger partial charge >= 0.3 is 0 Å². The van der Waals surface area contributed by atoms with Crippen LogP contribution in [0.4, 0.5) is 0 Å². The van der Waals surface area contributed by atoms with Crippen molar-refractivity contribution in [1.82, 2.24) is 14.5 Å². The molecule has 2 aromatic heterocycles. The van der Waals surface area contributed by atoms with Crippen LogP contribution < -0.4 is 0 Å². The first-order valence-electron chi connectivity index (χ1n) is 14.0. The predicted octanol–water partition coefficient (Wildman–Crippen LogP) is 9.36. The molecule has 0 spiro atoms. The van der Waals surface area contributed by atoms with Crippen LogP contribution in [0.15, 0.2) is 90.0 Å². The van der Waals surface area contributed by atoms with E-state index in [4.69, 9.17) is 4.98 Å². The van der Waals surface area contributed by atoms with Crippen LogP contribution in [0, 0.1) is 18.1 Å². The Morgan fingerprint density at radius 1 is 0.900 bits per heavy atom. The van der Waals surface area contributed by atoms with Crippen LogP contribution in [0.3, 0.4) is 0 Å². The number of aromatic nitrogens is 3. The van der Waals surface area contributed by atoms with Crippen molar-refractivity contribution >= 4 is 28.4 Å². The van der Waals surface area contributed by atoms with E-state index in [0.29, 0.717) is 11.3 Å². The number of thioether (sulfide) groups is 1. The largest absolute Gasteiger partial charge is 0.358 e. The number of allylic oxidation sites excluding steroid dienone is 2. The van der Waals surface area contributed by atoms with Crippen LogP contribution in [-0.4, -0.2) is 14.5 Å². The molecule has 203 valence electrons. The Labute approximate surface area is 254 Å². The van der Waals surface area contributed by atoms with E-state index in [0.717, 1.165) is 28.5 Å². The maximum Gasteiger partial charge on any atom is 0.0777 e. The van der Waals surface area contributed by atoms with Gasteiger partial charge in [0, 0.05) is 43.6 Å². The molecule has 1 aliphatic carbocycles. The van der Waals surface area contributed by atoms with E-state index in [-0.39, 0.29) is 20.1 Å². The normalized spacial score (nSPS) is 19.1. The third kappa shape index (κ3) is 4.79. The average molecular weight is 718 g/mol. The molecule has 3 aliphatic rings. The Morgan fingerprint density at radius 2 is 1.75 bits per heavy atom. The van der Waals surface area contributed by atoms with Crippen molar-refractivity contribution in [3.63, 3.8) is 0 Å². The number of imidazole rings is 1. The molecule has 3 nitrogen and oxygen atoms in total. The summed E-state index contributed by atoms with van der Waals surface area (Å²) in [5.74, 6) is 1.76. The zero-order valence-electron chi connectivity index (χ0n) is 22.7. The molecule has 3 aromatic carbocycles. The molecule has 5 aromatic rings. The molecule has 5 heteroatoms. The first kappa shape index (κ1) is 27.2. The number of rotatable bonds is 2. The molecule has 1 radical (unpaired) electrons. The summed E-state index contributed by atoms with van der Waals surface area (Å²) in [5.41, 5.74) is 10.0. The number of fused-ring (bicyclic) bond motifs is 3. The van der Waals surface area contributed by atoms with Crippen LogP contribution in [0.1, 0.15) is 61.9 Å². The van der Waals surface area contributed by atoms with Crippen molar-refractivity contribution in [2.24, 2.45) is 5.92 Å². The second-order valence-corrected chi connectivity index (χ2v) is 12.1. The Bertz CT molecular complexity index is 1680. The zero-order valence-corrected chi connectivity index (χ0v) is 25.9. The monoisotopic (exact) mass is 718 g/mol. The van der Waals surface area contributed by atoms with Gasteiger partial charge in [0.05, 0.1) is 16.9 Å². The predicted molar refractivity (Wildman–Crippen MR) is 161 cm³/mol. The molecule has 40 heavy (non-hydrogen) atoms. The molecule has 2 atom stereocenters. The summed E-state index contributed by atoms with van der Waals surface area (Å²) in [6.45, 7) is 4.52. The molecule has 2 aliphatic heterocycles. The van der Waals surface area contributed by atoms with Crippen LogP contribution in [-0.2, 0) is 20.1 Å². The van der Waals surface area contributed by atoms with Crippen molar-refractivity contribution in [2.75, 3.05) is 0 Å². The van der Waals surface area contributed by atoms with Crippen molar-refractivity contribution < 1.29 is 20.1 Å². The van der Waals surface area contributed by atoms with Gasteiger partial charge in [-0.1, -0.05) is 44.0 Å². The van der Waals surface area contributed by atoms with Gasteiger partial charge in [-0.3, -0.25) is 4.98 Å². The van der Waals surface area contributed by atoms with Gasteiger partial charge < -0.3 is 9.55 Å². The molecule has 0 N–H and O–H groups in total. The summed E-state index contributed by atoms with van der Waals surface area (Å²) in [4.78, 5) is 10.7. The minimum absolute atomic E-state index is 0. The maximum absolute atomic E-state index is 4.96. The molecule has 1 saturated carbocycles. The molecule has 2 unspecified atom stereocenters. The van der Waals surface area contributed by atoms with Crippen LogP contribution >= 0.6 is 11.8 Å². The Kier molecular flexibility index (Phi) is 7.81. The number of benzene rings is 3. The van der Waals surface area contributed by atoms with Crippen molar-refractivity contribution in [2.45, 2.75) is 55.7 Å². The van der Waals surface area contributed by atoms with Crippen LogP contribution in [0.2, 0.25) is 0 Å². The zero-order chi connectivity index (χ0) is 26.3. The SMILES string of the molecule is CC1C=C(C2CCCC2)c2cccc3nc(-c4[c-]cccc4)n1c23.CC1Sc2cccnc2-c2[c-]cccc21.[Ir]. The molecule has 0 saturated heterocycles. The number of hydrogen-bond acceptors (Lipinski definition) is 3. The van der Waals surface area contributed by atoms with Crippen molar-refractivity contribution in [3.8, 4) is 22.6 Å². The average Bonchev–Trinajstić information content (AvgIpc) is 3.66. The molecule has 0 amide bonds. The summed E-state index contributed by atoms with van der Waals surface area (Å²) in [6.07, 6.45) is 9.74. The third-order valence-electron chi connectivity index (χ3n) is 8.23. The van der Waals surface area contributed by atoms with E-state index in [1.165, 1.54) is 52.8 Å². The summed E-state index contributed by atoms with van der Waals surface area (Å²) in [6, 6.07) is 32.0. The Balaban J connectivity index is 0.000000156. The summed E-state index contributed by atoms with van der Waals surface area (Å²) in [5, 5.41) is 0.495. The second-order valence-electron chi connectivity index (χ2n) is 10.7. The smallest absolute Gasteiger partial charge is 0.0777 e. The van der Waals surface area contributed by atoms with Gasteiger partial charge in [-0.15, -0.1) is 83.0 Å². The van der Waals surface area contributed by atoms with Gasteiger partial charge in [-0.2, -0.15) is 0 Å². The molecule has 1 fully saturated rings. The van der Waals surface area contributed by atoms with E-state index in [2.05, 4.69) is 84.1 Å². The van der Waals surface area contributed by atoms with Crippen LogP contribution in [0.25, 0.3) is 39.3 Å². The fourth-order valence-corrected chi connectivity index (χ4v) is 7.57. The van der Waals surface area contributed by atoms with E-state index >= 15 is 0 Å². The van der Waals surface area contributed by atoms with Gasteiger partial charge in [0.1, 0.15) is 0 Å². The maximum atomic E-state index is 4.96. The topological polar surface area (TPSA) is 30.7 Å². The van der Waals surface area contributed by atoms with Crippen LogP contribution in [0.5, 0.6) is 0 Å². The minimum Gasteiger partial charge on any atom is -0.358 e. The fraction of sp³-hybridized carbons (Fsp3) is 0.257. The summed E-state index contributed by atoms with van der Waals surface area (Å²) < 4.78 is 2.40. The molecule has 4 heterocycles. The first-order chi connectivity index (χ1) is 19.2. The third-order valence-corrected chi connectivity index (χ3v) is 9.42. The van der Waals surface area contributed by atoms with E-state index in [1.807, 2.05) is 48.3 Å². The number of pyridine rings is 1. The first-order valence-corrected chi connectivity index (χ1v) is 14.9. The Hall–Kier alpha value is -2.98. The minimum atomic E-state index is 0. The van der Waals surface area contributed by atoms with E-state index in [9.17, 15) is 0 Å². The summed E-state index contributed by atoms with van der Waals surface area (Å²) in [7, 11) is 0.